The standard InChI is InChI=1S/C18H17N3OS/c1-12-8-10-23-17(12)18(22)21-9-7-15-14(11-21)16(20-19-15)13-5-3-2-4-6-13/h2-6,8,10H,7,9,11H2,1H3,(H,19,20). The highest BCUT2D eigenvalue weighted by Crippen LogP contribution is 2.29. The summed E-state index contributed by atoms with van der Waals surface area (Å²) in [6.07, 6.45) is 0.825. The average Bonchev–Trinajstić information content (AvgIpc) is 3.20. The van der Waals surface area contributed by atoms with E-state index in [0.717, 1.165) is 45.9 Å². The zero-order valence-corrected chi connectivity index (χ0v) is 13.7. The molecule has 1 aromatic carbocycles. The van der Waals surface area contributed by atoms with E-state index in [9.17, 15) is 4.79 Å². The van der Waals surface area contributed by atoms with Gasteiger partial charge in [0, 0.05) is 36.3 Å². The van der Waals surface area contributed by atoms with Crippen molar-refractivity contribution in [2.75, 3.05) is 6.54 Å². The summed E-state index contributed by atoms with van der Waals surface area (Å²) < 4.78 is 0. The molecule has 3 aromatic rings. The number of thiophene rings is 1. The van der Waals surface area contributed by atoms with Gasteiger partial charge in [0.05, 0.1) is 10.6 Å². The van der Waals surface area contributed by atoms with Crippen LogP contribution in [-0.2, 0) is 13.0 Å². The SMILES string of the molecule is Cc1ccsc1C(=O)N1CCc2[nH]nc(-c3ccccc3)c2C1. The summed E-state index contributed by atoms with van der Waals surface area (Å²) in [5, 5.41) is 9.60. The van der Waals surface area contributed by atoms with Crippen molar-refractivity contribution in [1.82, 2.24) is 15.1 Å². The maximum absolute atomic E-state index is 12.8. The largest absolute Gasteiger partial charge is 0.333 e. The molecule has 0 unspecified atom stereocenters. The summed E-state index contributed by atoms with van der Waals surface area (Å²) in [6, 6.07) is 12.1. The van der Waals surface area contributed by atoms with Crippen LogP contribution in [0.4, 0.5) is 0 Å². The molecule has 5 heteroatoms. The Kier molecular flexibility index (Phi) is 3.50. The minimum Gasteiger partial charge on any atom is -0.333 e. The van der Waals surface area contributed by atoms with Crippen LogP contribution in [0.15, 0.2) is 41.8 Å². The summed E-state index contributed by atoms with van der Waals surface area (Å²) in [4.78, 5) is 15.5. The number of benzene rings is 1. The van der Waals surface area contributed by atoms with Gasteiger partial charge in [0.15, 0.2) is 0 Å². The number of carbonyl (C=O) groups excluding carboxylic acids is 1. The molecule has 0 bridgehead atoms. The van der Waals surface area contributed by atoms with Gasteiger partial charge >= 0.3 is 0 Å². The van der Waals surface area contributed by atoms with Gasteiger partial charge in [-0.1, -0.05) is 30.3 Å². The lowest BCUT2D eigenvalue weighted by molar-refractivity contribution is 0.0739. The summed E-state index contributed by atoms with van der Waals surface area (Å²) in [5.41, 5.74) is 5.40. The summed E-state index contributed by atoms with van der Waals surface area (Å²) in [7, 11) is 0. The van der Waals surface area contributed by atoms with E-state index in [0.29, 0.717) is 6.54 Å². The average molecular weight is 323 g/mol. The lowest BCUT2D eigenvalue weighted by atomic mass is 10.0. The van der Waals surface area contributed by atoms with Crippen molar-refractivity contribution in [2.45, 2.75) is 19.9 Å². The molecule has 4 nitrogen and oxygen atoms in total. The van der Waals surface area contributed by atoms with E-state index >= 15 is 0 Å². The fourth-order valence-electron chi connectivity index (χ4n) is 3.04. The highest BCUT2D eigenvalue weighted by molar-refractivity contribution is 7.12. The second kappa shape index (κ2) is 5.66. The van der Waals surface area contributed by atoms with Crippen LogP contribution in [0.3, 0.4) is 0 Å². The van der Waals surface area contributed by atoms with Gasteiger partial charge in [-0.25, -0.2) is 0 Å². The maximum atomic E-state index is 12.8. The second-order valence-corrected chi connectivity index (χ2v) is 6.72. The topological polar surface area (TPSA) is 49.0 Å². The van der Waals surface area contributed by atoms with Gasteiger partial charge in [-0.2, -0.15) is 5.10 Å². The first-order valence-corrected chi connectivity index (χ1v) is 8.57. The van der Waals surface area contributed by atoms with E-state index in [-0.39, 0.29) is 5.91 Å². The number of H-pyrrole nitrogens is 1. The Morgan fingerprint density at radius 2 is 2.09 bits per heavy atom. The Balaban J connectivity index is 1.66. The van der Waals surface area contributed by atoms with E-state index in [2.05, 4.69) is 22.3 Å². The minimum atomic E-state index is 0.128. The normalized spacial score (nSPS) is 13.9. The molecular formula is C18H17N3OS. The number of amides is 1. The van der Waals surface area contributed by atoms with E-state index in [1.165, 1.54) is 11.3 Å². The summed E-state index contributed by atoms with van der Waals surface area (Å²) in [6.45, 7) is 3.35. The highest BCUT2D eigenvalue weighted by Gasteiger charge is 2.27. The van der Waals surface area contributed by atoms with Crippen LogP contribution in [0.2, 0.25) is 0 Å². The first kappa shape index (κ1) is 14.2. The quantitative estimate of drug-likeness (QED) is 0.782. The number of nitrogens with one attached hydrogen (secondary N) is 1. The smallest absolute Gasteiger partial charge is 0.264 e. The van der Waals surface area contributed by atoms with Crippen molar-refractivity contribution in [3.63, 3.8) is 0 Å². The van der Waals surface area contributed by atoms with Crippen LogP contribution >= 0.6 is 11.3 Å². The van der Waals surface area contributed by atoms with Crippen molar-refractivity contribution in [2.24, 2.45) is 0 Å². The molecule has 0 spiro atoms. The lowest BCUT2D eigenvalue weighted by Gasteiger charge is -2.27. The summed E-state index contributed by atoms with van der Waals surface area (Å²) in [5.74, 6) is 0.128. The molecule has 1 N–H and O–H groups in total. The minimum absolute atomic E-state index is 0.128. The fourth-order valence-corrected chi connectivity index (χ4v) is 3.93. The van der Waals surface area contributed by atoms with Crippen LogP contribution in [0.1, 0.15) is 26.5 Å². The number of aryl methyl sites for hydroxylation is 1. The predicted molar refractivity (Wildman–Crippen MR) is 91.5 cm³/mol. The van der Waals surface area contributed by atoms with Gasteiger partial charge in [0.2, 0.25) is 0 Å². The Morgan fingerprint density at radius 1 is 1.26 bits per heavy atom. The van der Waals surface area contributed by atoms with Crippen LogP contribution < -0.4 is 0 Å². The number of rotatable bonds is 2. The van der Waals surface area contributed by atoms with E-state index in [1.807, 2.05) is 41.5 Å². The molecule has 3 heterocycles. The number of hydrogen-bond acceptors (Lipinski definition) is 3. The number of nitrogens with zero attached hydrogens (tertiary/aromatic N) is 2. The molecular weight excluding hydrogens is 306 g/mol. The second-order valence-electron chi connectivity index (χ2n) is 5.80. The van der Waals surface area contributed by atoms with E-state index in [1.54, 1.807) is 0 Å². The first-order valence-electron chi connectivity index (χ1n) is 7.69. The van der Waals surface area contributed by atoms with E-state index in [4.69, 9.17) is 0 Å². The number of aromatic amines is 1. The van der Waals surface area contributed by atoms with Crippen molar-refractivity contribution in [3.8, 4) is 11.3 Å². The van der Waals surface area contributed by atoms with Gasteiger partial charge in [0.1, 0.15) is 0 Å². The number of aromatic nitrogens is 2. The molecule has 23 heavy (non-hydrogen) atoms. The molecule has 0 fully saturated rings. The molecule has 0 radical (unpaired) electrons. The van der Waals surface area contributed by atoms with Crippen molar-refractivity contribution in [3.05, 3.63) is 63.5 Å². The third-order valence-electron chi connectivity index (χ3n) is 4.32. The van der Waals surface area contributed by atoms with Crippen LogP contribution in [0.5, 0.6) is 0 Å². The van der Waals surface area contributed by atoms with Gasteiger partial charge < -0.3 is 4.90 Å². The molecule has 0 saturated carbocycles. The van der Waals surface area contributed by atoms with Crippen LogP contribution in [-0.4, -0.2) is 27.5 Å². The molecule has 1 aliphatic heterocycles. The number of carbonyl (C=O) groups is 1. The lowest BCUT2D eigenvalue weighted by Crippen LogP contribution is -2.35. The van der Waals surface area contributed by atoms with Crippen molar-refractivity contribution < 1.29 is 4.79 Å². The molecule has 0 atom stereocenters. The summed E-state index contributed by atoms with van der Waals surface area (Å²) >= 11 is 1.52. The predicted octanol–water partition coefficient (Wildman–Crippen LogP) is 3.65. The molecule has 0 saturated heterocycles. The molecule has 116 valence electrons. The Labute approximate surface area is 138 Å². The Bertz CT molecular complexity index is 850. The number of fused-ring (bicyclic) bond motifs is 1. The Hall–Kier alpha value is -2.40. The van der Waals surface area contributed by atoms with Gasteiger partial charge in [-0.15, -0.1) is 11.3 Å². The molecule has 2 aromatic heterocycles. The van der Waals surface area contributed by atoms with Gasteiger partial charge in [-0.05, 0) is 23.9 Å². The van der Waals surface area contributed by atoms with Gasteiger partial charge in [0.25, 0.3) is 5.91 Å². The van der Waals surface area contributed by atoms with E-state index < -0.39 is 0 Å². The molecule has 1 amide bonds. The van der Waals surface area contributed by atoms with Crippen molar-refractivity contribution >= 4 is 17.2 Å². The van der Waals surface area contributed by atoms with Crippen LogP contribution in [0.25, 0.3) is 11.3 Å². The van der Waals surface area contributed by atoms with Crippen molar-refractivity contribution in [1.29, 1.82) is 0 Å². The fraction of sp³-hybridized carbons (Fsp3) is 0.222. The maximum Gasteiger partial charge on any atom is 0.264 e. The molecule has 1 aliphatic rings. The zero-order valence-electron chi connectivity index (χ0n) is 12.9. The van der Waals surface area contributed by atoms with Crippen LogP contribution in [0, 0.1) is 6.92 Å². The third kappa shape index (κ3) is 2.47. The number of hydrogen-bond donors (Lipinski definition) is 1. The molecule has 4 rings (SSSR count). The Morgan fingerprint density at radius 3 is 2.83 bits per heavy atom. The highest BCUT2D eigenvalue weighted by atomic mass is 32.1. The van der Waals surface area contributed by atoms with Gasteiger partial charge in [-0.3, -0.25) is 9.89 Å². The monoisotopic (exact) mass is 323 g/mol. The molecule has 0 aliphatic carbocycles. The zero-order chi connectivity index (χ0) is 15.8. The third-order valence-corrected chi connectivity index (χ3v) is 5.33. The first-order chi connectivity index (χ1) is 11.2.